The summed E-state index contributed by atoms with van der Waals surface area (Å²) in [5.41, 5.74) is 10.5. The maximum Gasteiger partial charge on any atom is 0.125 e. The summed E-state index contributed by atoms with van der Waals surface area (Å²) in [5, 5.41) is 3.57. The second kappa shape index (κ2) is 4.97. The lowest BCUT2D eigenvalue weighted by Gasteiger charge is -2.14. The van der Waals surface area contributed by atoms with Crippen LogP contribution < -0.4 is 11.1 Å². The van der Waals surface area contributed by atoms with Crippen LogP contribution in [-0.4, -0.2) is 9.97 Å². The van der Waals surface area contributed by atoms with Crippen LogP contribution in [0.4, 0.5) is 5.69 Å². The van der Waals surface area contributed by atoms with Crippen molar-refractivity contribution in [1.82, 2.24) is 15.3 Å². The molecular weight excluding hydrogens is 236 g/mol. The third kappa shape index (κ3) is 2.58. The summed E-state index contributed by atoms with van der Waals surface area (Å²) in [7, 11) is 0. The number of aryl methyl sites for hydroxylation is 2. The number of nitrogens with one attached hydrogen (secondary N) is 1. The van der Waals surface area contributed by atoms with E-state index in [0.717, 1.165) is 36.6 Å². The van der Waals surface area contributed by atoms with Crippen molar-refractivity contribution in [2.24, 2.45) is 0 Å². The molecule has 19 heavy (non-hydrogen) atoms. The first-order valence-corrected chi connectivity index (χ1v) is 6.62. The molecule has 1 unspecified atom stereocenters. The van der Waals surface area contributed by atoms with Crippen LogP contribution in [-0.2, 0) is 13.0 Å². The minimum atomic E-state index is 0.408. The Morgan fingerprint density at radius 1 is 1.37 bits per heavy atom. The summed E-state index contributed by atoms with van der Waals surface area (Å²) in [5.74, 6) is 0.818. The first-order valence-electron chi connectivity index (χ1n) is 6.62. The van der Waals surface area contributed by atoms with Gasteiger partial charge in [-0.3, -0.25) is 0 Å². The van der Waals surface area contributed by atoms with Crippen LogP contribution in [0, 0.1) is 6.92 Å². The average molecular weight is 254 g/mol. The number of hydrogen-bond donors (Lipinski definition) is 2. The van der Waals surface area contributed by atoms with Crippen molar-refractivity contribution in [3.8, 4) is 0 Å². The molecule has 1 atom stereocenters. The van der Waals surface area contributed by atoms with E-state index in [1.165, 1.54) is 11.1 Å². The molecule has 0 bridgehead atoms. The number of aromatic nitrogens is 2. The van der Waals surface area contributed by atoms with E-state index in [4.69, 9.17) is 5.73 Å². The lowest BCUT2D eigenvalue weighted by atomic mass is 10.1. The summed E-state index contributed by atoms with van der Waals surface area (Å²) < 4.78 is 0. The molecule has 1 heterocycles. The Morgan fingerprint density at radius 2 is 2.26 bits per heavy atom. The Labute approximate surface area is 113 Å². The summed E-state index contributed by atoms with van der Waals surface area (Å²) in [6, 6.07) is 8.57. The molecule has 0 saturated heterocycles. The minimum absolute atomic E-state index is 0.408. The van der Waals surface area contributed by atoms with Gasteiger partial charge < -0.3 is 11.1 Å². The number of rotatable bonds is 3. The Hall–Kier alpha value is -1.94. The highest BCUT2D eigenvalue weighted by Crippen LogP contribution is 2.32. The van der Waals surface area contributed by atoms with Gasteiger partial charge in [-0.2, -0.15) is 0 Å². The van der Waals surface area contributed by atoms with Crippen LogP contribution in [0.2, 0.25) is 0 Å². The van der Waals surface area contributed by atoms with Crippen molar-refractivity contribution >= 4 is 5.69 Å². The monoisotopic (exact) mass is 254 g/mol. The summed E-state index contributed by atoms with van der Waals surface area (Å²) in [4.78, 5) is 8.52. The van der Waals surface area contributed by atoms with Gasteiger partial charge in [-0.15, -0.1) is 0 Å². The van der Waals surface area contributed by atoms with Gasteiger partial charge in [0, 0.05) is 24.5 Å². The lowest BCUT2D eigenvalue weighted by molar-refractivity contribution is 0.524. The number of nitrogens with zero attached hydrogens (tertiary/aromatic N) is 2. The van der Waals surface area contributed by atoms with Crippen molar-refractivity contribution in [3.05, 3.63) is 53.1 Å². The van der Waals surface area contributed by atoms with Crippen LogP contribution >= 0.6 is 0 Å². The first-order chi connectivity index (χ1) is 9.22. The topological polar surface area (TPSA) is 63.8 Å². The lowest BCUT2D eigenvalue weighted by Crippen LogP contribution is -2.19. The van der Waals surface area contributed by atoms with E-state index in [1.807, 2.05) is 25.3 Å². The van der Waals surface area contributed by atoms with Crippen LogP contribution in [0.1, 0.15) is 35.1 Å². The molecule has 1 aliphatic rings. The summed E-state index contributed by atoms with van der Waals surface area (Å²) in [6.45, 7) is 2.69. The minimum Gasteiger partial charge on any atom is -0.399 e. The normalized spacial score (nSPS) is 17.4. The smallest absolute Gasteiger partial charge is 0.125 e. The molecule has 2 aromatic rings. The highest BCUT2D eigenvalue weighted by molar-refractivity contribution is 5.47. The highest BCUT2D eigenvalue weighted by atomic mass is 15.0. The zero-order valence-electron chi connectivity index (χ0n) is 11.1. The van der Waals surface area contributed by atoms with Crippen molar-refractivity contribution in [3.63, 3.8) is 0 Å². The Balaban J connectivity index is 1.70. The zero-order chi connectivity index (χ0) is 13.2. The van der Waals surface area contributed by atoms with Crippen LogP contribution in [0.25, 0.3) is 0 Å². The molecule has 1 aromatic heterocycles. The molecule has 4 heteroatoms. The van der Waals surface area contributed by atoms with E-state index in [-0.39, 0.29) is 0 Å². The van der Waals surface area contributed by atoms with Crippen LogP contribution in [0.15, 0.2) is 30.5 Å². The molecule has 0 radical (unpaired) electrons. The third-order valence-electron chi connectivity index (χ3n) is 3.61. The van der Waals surface area contributed by atoms with Gasteiger partial charge in [0.25, 0.3) is 0 Å². The van der Waals surface area contributed by atoms with E-state index < -0.39 is 0 Å². The molecule has 0 saturated carbocycles. The van der Waals surface area contributed by atoms with E-state index in [0.29, 0.717) is 6.04 Å². The zero-order valence-corrected chi connectivity index (χ0v) is 11.1. The van der Waals surface area contributed by atoms with E-state index >= 15 is 0 Å². The SMILES string of the molecule is Cc1nccc(CNC2CCc3cc(N)ccc32)n1. The van der Waals surface area contributed by atoms with Crippen molar-refractivity contribution in [2.45, 2.75) is 32.4 Å². The molecule has 0 spiro atoms. The maximum absolute atomic E-state index is 5.82. The molecule has 0 amide bonds. The Bertz CT molecular complexity index is 594. The number of nitrogens with two attached hydrogens (primary N) is 1. The van der Waals surface area contributed by atoms with E-state index in [9.17, 15) is 0 Å². The second-order valence-corrected chi connectivity index (χ2v) is 5.03. The standard InChI is InChI=1S/C15H18N4/c1-10-17-7-6-13(19-10)9-18-15-5-2-11-8-12(16)3-4-14(11)15/h3-4,6-8,15,18H,2,5,9,16H2,1H3. The van der Waals surface area contributed by atoms with Crippen molar-refractivity contribution < 1.29 is 0 Å². The highest BCUT2D eigenvalue weighted by Gasteiger charge is 2.21. The molecule has 0 aliphatic heterocycles. The van der Waals surface area contributed by atoms with Gasteiger partial charge in [0.2, 0.25) is 0 Å². The maximum atomic E-state index is 5.82. The van der Waals surface area contributed by atoms with Crippen molar-refractivity contribution in [2.75, 3.05) is 5.73 Å². The number of fused-ring (bicyclic) bond motifs is 1. The van der Waals surface area contributed by atoms with E-state index in [1.54, 1.807) is 0 Å². The predicted molar refractivity (Wildman–Crippen MR) is 75.5 cm³/mol. The number of hydrogen-bond acceptors (Lipinski definition) is 4. The van der Waals surface area contributed by atoms with Gasteiger partial charge in [-0.05, 0) is 49.1 Å². The molecule has 1 aliphatic carbocycles. The van der Waals surface area contributed by atoms with Gasteiger partial charge in [-0.25, -0.2) is 9.97 Å². The van der Waals surface area contributed by atoms with Crippen molar-refractivity contribution in [1.29, 1.82) is 0 Å². The molecule has 98 valence electrons. The van der Waals surface area contributed by atoms with Gasteiger partial charge in [-0.1, -0.05) is 6.07 Å². The van der Waals surface area contributed by atoms with Gasteiger partial charge in [0.05, 0.1) is 5.69 Å². The molecule has 4 nitrogen and oxygen atoms in total. The summed E-state index contributed by atoms with van der Waals surface area (Å²) >= 11 is 0. The Morgan fingerprint density at radius 3 is 3.11 bits per heavy atom. The van der Waals surface area contributed by atoms with Gasteiger partial charge >= 0.3 is 0 Å². The first kappa shape index (κ1) is 12.1. The van der Waals surface area contributed by atoms with E-state index in [2.05, 4.69) is 27.4 Å². The fourth-order valence-corrected chi connectivity index (χ4v) is 2.68. The largest absolute Gasteiger partial charge is 0.399 e. The van der Waals surface area contributed by atoms with Gasteiger partial charge in [0.1, 0.15) is 5.82 Å². The summed E-state index contributed by atoms with van der Waals surface area (Å²) in [6.07, 6.45) is 4.03. The van der Waals surface area contributed by atoms with Crippen LogP contribution in [0.3, 0.4) is 0 Å². The fourth-order valence-electron chi connectivity index (χ4n) is 2.68. The molecular formula is C15H18N4. The predicted octanol–water partition coefficient (Wildman–Crippen LogP) is 2.14. The molecule has 3 N–H and O–H groups in total. The number of nitrogen functional groups attached to an aromatic ring is 1. The average Bonchev–Trinajstić information content (AvgIpc) is 2.78. The number of benzene rings is 1. The van der Waals surface area contributed by atoms with Crippen LogP contribution in [0.5, 0.6) is 0 Å². The quantitative estimate of drug-likeness (QED) is 0.824. The number of anilines is 1. The fraction of sp³-hybridized carbons (Fsp3) is 0.333. The molecule has 1 aromatic carbocycles. The second-order valence-electron chi connectivity index (χ2n) is 5.03. The third-order valence-corrected chi connectivity index (χ3v) is 3.61. The molecule has 3 rings (SSSR count). The Kier molecular flexibility index (Phi) is 3.17. The van der Waals surface area contributed by atoms with Gasteiger partial charge in [0.15, 0.2) is 0 Å². The molecule has 0 fully saturated rings.